The number of ether oxygens (including phenoxy) is 1. The molecule has 2 rings (SSSR count). The molecular weight excluding hydrogens is 252 g/mol. The van der Waals surface area contributed by atoms with Crippen LogP contribution in [0.5, 0.6) is 5.75 Å². The highest BCUT2D eigenvalue weighted by molar-refractivity contribution is 5.84. The Labute approximate surface area is 108 Å². The van der Waals surface area contributed by atoms with E-state index in [2.05, 4.69) is 0 Å². The maximum Gasteiger partial charge on any atom is 0.270 e. The molecule has 0 aromatic heterocycles. The minimum absolute atomic E-state index is 0.0663. The minimum atomic E-state index is -0.634. The van der Waals surface area contributed by atoms with Gasteiger partial charge in [-0.1, -0.05) is 0 Å². The fraction of sp³-hybridized carbons (Fsp3) is 0.333. The first-order valence-corrected chi connectivity index (χ1v) is 5.68. The molecule has 0 bridgehead atoms. The van der Waals surface area contributed by atoms with E-state index < -0.39 is 11.0 Å². The second-order valence-corrected chi connectivity index (χ2v) is 4.25. The predicted molar refractivity (Wildman–Crippen MR) is 65.2 cm³/mol. The first-order chi connectivity index (χ1) is 9.02. The number of nitrogens with zero attached hydrogens (tertiary/aromatic N) is 2. The Hall–Kier alpha value is -2.44. The maximum absolute atomic E-state index is 11.7. The summed E-state index contributed by atoms with van der Waals surface area (Å²) in [5.74, 6) is 0.0319. The number of amides is 1. The zero-order valence-corrected chi connectivity index (χ0v) is 10.2. The van der Waals surface area contributed by atoms with Crippen LogP contribution < -0.4 is 4.74 Å². The quantitative estimate of drug-likeness (QED) is 0.460. The number of benzene rings is 1. The SMILES string of the molecule is CN1CCC(Oc2ccc([N+](=O)[O-])cc2C=O)C1=O. The fourth-order valence-electron chi connectivity index (χ4n) is 1.90. The summed E-state index contributed by atoms with van der Waals surface area (Å²) in [6, 6.07) is 3.71. The lowest BCUT2D eigenvalue weighted by Crippen LogP contribution is -2.29. The molecule has 1 unspecified atom stereocenters. The highest BCUT2D eigenvalue weighted by atomic mass is 16.6. The van der Waals surface area contributed by atoms with Crippen molar-refractivity contribution < 1.29 is 19.2 Å². The van der Waals surface area contributed by atoms with Crippen LogP contribution in [0.2, 0.25) is 0 Å². The molecule has 1 aromatic carbocycles. The van der Waals surface area contributed by atoms with Gasteiger partial charge in [-0.15, -0.1) is 0 Å². The molecule has 100 valence electrons. The molecule has 1 aliphatic heterocycles. The molecule has 0 saturated carbocycles. The van der Waals surface area contributed by atoms with Crippen LogP contribution in [0.4, 0.5) is 5.69 Å². The Kier molecular flexibility index (Phi) is 3.46. The van der Waals surface area contributed by atoms with Gasteiger partial charge in [-0.2, -0.15) is 0 Å². The number of likely N-dealkylation sites (tertiary alicyclic amines) is 1. The number of non-ortho nitro benzene ring substituents is 1. The van der Waals surface area contributed by atoms with Crippen molar-refractivity contribution in [1.82, 2.24) is 4.90 Å². The fourth-order valence-corrected chi connectivity index (χ4v) is 1.90. The number of nitro benzene ring substituents is 1. The highest BCUT2D eigenvalue weighted by Crippen LogP contribution is 2.25. The average molecular weight is 264 g/mol. The number of carbonyl (C=O) groups is 2. The lowest BCUT2D eigenvalue weighted by atomic mass is 10.2. The zero-order valence-electron chi connectivity index (χ0n) is 10.2. The van der Waals surface area contributed by atoms with Crippen molar-refractivity contribution >= 4 is 17.9 Å². The van der Waals surface area contributed by atoms with Crippen LogP contribution in [0.15, 0.2) is 18.2 Å². The van der Waals surface area contributed by atoms with Crippen molar-refractivity contribution in [3.8, 4) is 5.75 Å². The third-order valence-corrected chi connectivity index (χ3v) is 2.98. The Morgan fingerprint density at radius 1 is 1.53 bits per heavy atom. The molecule has 1 aliphatic rings. The zero-order chi connectivity index (χ0) is 14.0. The van der Waals surface area contributed by atoms with Gasteiger partial charge in [0.25, 0.3) is 11.6 Å². The molecule has 1 fully saturated rings. The third kappa shape index (κ3) is 2.54. The second kappa shape index (κ2) is 5.05. The summed E-state index contributed by atoms with van der Waals surface area (Å²) < 4.78 is 5.47. The molecule has 0 aliphatic carbocycles. The molecule has 1 saturated heterocycles. The predicted octanol–water partition coefficient (Wildman–Crippen LogP) is 1.02. The van der Waals surface area contributed by atoms with Gasteiger partial charge in [-0.25, -0.2) is 0 Å². The van der Waals surface area contributed by atoms with E-state index in [9.17, 15) is 19.7 Å². The first-order valence-electron chi connectivity index (χ1n) is 5.68. The summed E-state index contributed by atoms with van der Waals surface area (Å²) in [5, 5.41) is 10.6. The summed E-state index contributed by atoms with van der Waals surface area (Å²) in [6.07, 6.45) is 0.376. The van der Waals surface area contributed by atoms with Gasteiger partial charge in [0.05, 0.1) is 10.5 Å². The van der Waals surface area contributed by atoms with Gasteiger partial charge in [-0.3, -0.25) is 19.7 Å². The Morgan fingerprint density at radius 2 is 2.26 bits per heavy atom. The molecule has 0 spiro atoms. The summed E-state index contributed by atoms with van der Waals surface area (Å²) in [7, 11) is 1.67. The van der Waals surface area contributed by atoms with Gasteiger partial charge in [0.2, 0.25) is 0 Å². The molecule has 1 amide bonds. The molecule has 0 N–H and O–H groups in total. The lowest BCUT2D eigenvalue weighted by molar-refractivity contribution is -0.384. The topological polar surface area (TPSA) is 89.8 Å². The van der Waals surface area contributed by atoms with Gasteiger partial charge < -0.3 is 9.64 Å². The van der Waals surface area contributed by atoms with E-state index in [0.29, 0.717) is 19.3 Å². The lowest BCUT2D eigenvalue weighted by Gasteiger charge is -2.14. The standard InChI is InChI=1S/C12H12N2O5/c1-13-5-4-11(12(13)16)19-10-3-2-9(14(17)18)6-8(10)7-15/h2-3,6-7,11H,4-5H2,1H3. The highest BCUT2D eigenvalue weighted by Gasteiger charge is 2.31. The molecule has 19 heavy (non-hydrogen) atoms. The van der Waals surface area contributed by atoms with E-state index >= 15 is 0 Å². The van der Waals surface area contributed by atoms with Crippen LogP contribution in [0.3, 0.4) is 0 Å². The number of aldehydes is 1. The Morgan fingerprint density at radius 3 is 2.79 bits per heavy atom. The first kappa shape index (κ1) is 13.0. The van der Waals surface area contributed by atoms with Crippen molar-refractivity contribution in [2.45, 2.75) is 12.5 Å². The van der Waals surface area contributed by atoms with E-state index in [0.717, 1.165) is 6.07 Å². The van der Waals surface area contributed by atoms with Crippen LogP contribution in [0.25, 0.3) is 0 Å². The molecule has 7 nitrogen and oxygen atoms in total. The van der Waals surface area contributed by atoms with Crippen molar-refractivity contribution in [2.24, 2.45) is 0 Å². The van der Waals surface area contributed by atoms with Gasteiger partial charge in [-0.05, 0) is 6.07 Å². The Bertz CT molecular complexity index is 543. The summed E-state index contributed by atoms with van der Waals surface area (Å²) in [6.45, 7) is 0.590. The molecule has 1 atom stereocenters. The molecule has 0 radical (unpaired) electrons. The number of rotatable bonds is 4. The van der Waals surface area contributed by atoms with Crippen LogP contribution in [-0.2, 0) is 4.79 Å². The molecule has 7 heteroatoms. The summed E-state index contributed by atoms with van der Waals surface area (Å²) in [4.78, 5) is 34.2. The molecule has 1 heterocycles. The van der Waals surface area contributed by atoms with Crippen LogP contribution in [0, 0.1) is 10.1 Å². The summed E-state index contributed by atoms with van der Waals surface area (Å²) >= 11 is 0. The van der Waals surface area contributed by atoms with E-state index in [1.807, 2.05) is 0 Å². The van der Waals surface area contributed by atoms with E-state index in [1.165, 1.54) is 17.0 Å². The number of hydrogen-bond donors (Lipinski definition) is 0. The van der Waals surface area contributed by atoms with Crippen LogP contribution in [0.1, 0.15) is 16.8 Å². The normalized spacial score (nSPS) is 18.5. The maximum atomic E-state index is 11.7. The van der Waals surface area contributed by atoms with Crippen molar-refractivity contribution in [2.75, 3.05) is 13.6 Å². The largest absolute Gasteiger partial charge is 0.480 e. The molecule has 1 aromatic rings. The second-order valence-electron chi connectivity index (χ2n) is 4.25. The monoisotopic (exact) mass is 264 g/mol. The molecular formula is C12H12N2O5. The van der Waals surface area contributed by atoms with Crippen LogP contribution in [-0.4, -0.2) is 41.7 Å². The van der Waals surface area contributed by atoms with Crippen molar-refractivity contribution in [3.63, 3.8) is 0 Å². The number of carbonyl (C=O) groups excluding carboxylic acids is 2. The van der Waals surface area contributed by atoms with Crippen molar-refractivity contribution in [3.05, 3.63) is 33.9 Å². The average Bonchev–Trinajstić information content (AvgIpc) is 2.71. The van der Waals surface area contributed by atoms with Crippen molar-refractivity contribution in [1.29, 1.82) is 0 Å². The van der Waals surface area contributed by atoms with E-state index in [1.54, 1.807) is 7.05 Å². The number of nitro groups is 1. The van der Waals surface area contributed by atoms with Crippen LogP contribution >= 0.6 is 0 Å². The van der Waals surface area contributed by atoms with Gasteiger partial charge in [0.1, 0.15) is 5.75 Å². The van der Waals surface area contributed by atoms with Gasteiger partial charge in [0, 0.05) is 32.1 Å². The Balaban J connectivity index is 2.23. The summed E-state index contributed by atoms with van der Waals surface area (Å²) in [5.41, 5.74) is -0.124. The van der Waals surface area contributed by atoms with E-state index in [4.69, 9.17) is 4.74 Å². The smallest absolute Gasteiger partial charge is 0.270 e. The third-order valence-electron chi connectivity index (χ3n) is 2.98. The number of hydrogen-bond acceptors (Lipinski definition) is 5. The van der Waals surface area contributed by atoms with E-state index in [-0.39, 0.29) is 22.9 Å². The van der Waals surface area contributed by atoms with Gasteiger partial charge in [0.15, 0.2) is 12.4 Å². The van der Waals surface area contributed by atoms with Gasteiger partial charge >= 0.3 is 0 Å². The minimum Gasteiger partial charge on any atom is -0.480 e. The number of likely N-dealkylation sites (N-methyl/N-ethyl adjacent to an activating group) is 1.